The lowest BCUT2D eigenvalue weighted by molar-refractivity contribution is 0.0993. The Balaban J connectivity index is 1.78. The first-order valence-corrected chi connectivity index (χ1v) is 8.85. The van der Waals surface area contributed by atoms with Gasteiger partial charge in [-0.1, -0.05) is 12.1 Å². The molecule has 1 atom stereocenters. The van der Waals surface area contributed by atoms with Crippen LogP contribution in [0, 0.1) is 13.8 Å². The summed E-state index contributed by atoms with van der Waals surface area (Å²) in [5, 5.41) is 3.53. The molecule has 0 unspecified atom stereocenters. The van der Waals surface area contributed by atoms with Crippen LogP contribution >= 0.6 is 0 Å². The zero-order valence-corrected chi connectivity index (χ0v) is 15.6. The number of hydrogen-bond donors (Lipinski definition) is 1. The number of hydrogen-bond acceptors (Lipinski definition) is 4. The molecule has 136 valence electrons. The van der Waals surface area contributed by atoms with Crippen molar-refractivity contribution in [1.29, 1.82) is 0 Å². The number of rotatable bonds is 4. The molecule has 1 N–H and O–H groups in total. The number of benzene rings is 2. The van der Waals surface area contributed by atoms with Gasteiger partial charge in [-0.15, -0.1) is 0 Å². The van der Waals surface area contributed by atoms with E-state index in [0.29, 0.717) is 5.56 Å². The fourth-order valence-electron chi connectivity index (χ4n) is 3.37. The van der Waals surface area contributed by atoms with E-state index in [-0.39, 0.29) is 12.1 Å². The molecule has 3 aromatic rings. The number of aryl methyl sites for hydroxylation is 2. The predicted molar refractivity (Wildman–Crippen MR) is 106 cm³/mol. The second-order valence-electron chi connectivity index (χ2n) is 6.67. The van der Waals surface area contributed by atoms with E-state index in [1.165, 1.54) is 0 Å². The van der Waals surface area contributed by atoms with E-state index in [9.17, 15) is 4.79 Å². The molecule has 0 spiro atoms. The number of methoxy groups -OCH3 is 1. The molecule has 0 saturated carbocycles. The topological polar surface area (TPSA) is 54.5 Å². The third-order valence-corrected chi connectivity index (χ3v) is 4.84. The molecule has 1 aliphatic rings. The summed E-state index contributed by atoms with van der Waals surface area (Å²) in [6.07, 6.45) is 1.35. The van der Waals surface area contributed by atoms with Crippen LogP contribution in [-0.2, 0) is 0 Å². The van der Waals surface area contributed by atoms with Gasteiger partial charge in [0.25, 0.3) is 5.91 Å². The Kier molecular flexibility index (Phi) is 4.28. The van der Waals surface area contributed by atoms with E-state index in [1.807, 2.05) is 30.3 Å². The molecule has 2 heterocycles. The number of carbonyl (C=O) groups is 1. The molecule has 5 nitrogen and oxygen atoms in total. The van der Waals surface area contributed by atoms with Crippen LogP contribution in [0.3, 0.4) is 0 Å². The van der Waals surface area contributed by atoms with Crippen LogP contribution in [0.1, 0.15) is 33.3 Å². The Bertz CT molecular complexity index is 999. The molecule has 0 fully saturated rings. The summed E-state index contributed by atoms with van der Waals surface area (Å²) in [4.78, 5) is 19.4. The third-order valence-electron chi connectivity index (χ3n) is 4.84. The van der Waals surface area contributed by atoms with Crippen LogP contribution in [0.15, 0.2) is 60.8 Å². The number of fused-ring (bicyclic) bond motifs is 1. The van der Waals surface area contributed by atoms with E-state index < -0.39 is 0 Å². The number of carbonyl (C=O) groups excluding carboxylic acids is 1. The molecule has 0 bridgehead atoms. The Hall–Kier alpha value is -3.34. The highest BCUT2D eigenvalue weighted by molar-refractivity contribution is 6.11. The molecule has 27 heavy (non-hydrogen) atoms. The van der Waals surface area contributed by atoms with Gasteiger partial charge in [-0.2, -0.15) is 0 Å². The Morgan fingerprint density at radius 1 is 1.07 bits per heavy atom. The molecular formula is C22H21N3O2. The van der Waals surface area contributed by atoms with E-state index >= 15 is 0 Å². The van der Waals surface area contributed by atoms with Crippen LogP contribution in [-0.4, -0.2) is 18.0 Å². The summed E-state index contributed by atoms with van der Waals surface area (Å²) >= 11 is 0. The van der Waals surface area contributed by atoms with Crippen LogP contribution in [0.25, 0.3) is 0 Å². The van der Waals surface area contributed by atoms with Crippen molar-refractivity contribution in [3.63, 3.8) is 0 Å². The Morgan fingerprint density at radius 3 is 2.59 bits per heavy atom. The standard InChI is InChI=1S/C22H21N3O2/c1-14-6-7-15(2)19(13-14)24-21-20-18(5-4-12-23-20)22(26)25(21)16-8-10-17(27-3)11-9-16/h4-13,21,24H,1-3H3/t21-/m0/s1. The molecule has 0 radical (unpaired) electrons. The molecular weight excluding hydrogens is 338 g/mol. The second-order valence-corrected chi connectivity index (χ2v) is 6.67. The molecule has 1 amide bonds. The average molecular weight is 359 g/mol. The fraction of sp³-hybridized carbons (Fsp3) is 0.182. The first-order valence-electron chi connectivity index (χ1n) is 8.85. The molecule has 4 rings (SSSR count). The zero-order valence-electron chi connectivity index (χ0n) is 15.6. The maximum absolute atomic E-state index is 13.1. The minimum atomic E-state index is -0.373. The molecule has 1 aromatic heterocycles. The first kappa shape index (κ1) is 17.1. The molecule has 5 heteroatoms. The van der Waals surface area contributed by atoms with E-state index in [1.54, 1.807) is 24.3 Å². The van der Waals surface area contributed by atoms with Gasteiger partial charge < -0.3 is 10.1 Å². The number of nitrogens with one attached hydrogen (secondary N) is 1. The van der Waals surface area contributed by atoms with Crippen molar-refractivity contribution in [2.24, 2.45) is 0 Å². The highest BCUT2D eigenvalue weighted by Crippen LogP contribution is 2.38. The largest absolute Gasteiger partial charge is 0.497 e. The highest BCUT2D eigenvalue weighted by Gasteiger charge is 2.39. The summed E-state index contributed by atoms with van der Waals surface area (Å²) in [5.74, 6) is 0.686. The summed E-state index contributed by atoms with van der Waals surface area (Å²) in [7, 11) is 1.63. The third kappa shape index (κ3) is 3.01. The maximum Gasteiger partial charge on any atom is 0.262 e. The average Bonchev–Trinajstić information content (AvgIpc) is 2.97. The minimum Gasteiger partial charge on any atom is -0.497 e. The van der Waals surface area contributed by atoms with Gasteiger partial charge in [0.05, 0.1) is 18.4 Å². The number of pyridine rings is 1. The summed E-state index contributed by atoms with van der Waals surface area (Å²) in [6.45, 7) is 4.10. The lowest BCUT2D eigenvalue weighted by Crippen LogP contribution is -2.32. The Morgan fingerprint density at radius 2 is 1.85 bits per heavy atom. The van der Waals surface area contributed by atoms with Crippen molar-refractivity contribution in [2.45, 2.75) is 20.0 Å². The van der Waals surface area contributed by atoms with E-state index in [0.717, 1.165) is 33.9 Å². The van der Waals surface area contributed by atoms with Gasteiger partial charge in [0, 0.05) is 17.6 Å². The SMILES string of the molecule is COc1ccc(N2C(=O)c3cccnc3[C@H]2Nc2cc(C)ccc2C)cc1. The normalized spacial score (nSPS) is 15.6. The molecule has 1 aliphatic heterocycles. The second kappa shape index (κ2) is 6.76. The van der Waals surface area contributed by atoms with Crippen molar-refractivity contribution in [3.8, 4) is 5.75 Å². The number of ether oxygens (including phenoxy) is 1. The Labute approximate surface area is 158 Å². The van der Waals surface area contributed by atoms with Gasteiger partial charge in [-0.3, -0.25) is 14.7 Å². The van der Waals surface area contributed by atoms with Crippen molar-refractivity contribution >= 4 is 17.3 Å². The van der Waals surface area contributed by atoms with Gasteiger partial charge in [-0.05, 0) is 67.4 Å². The smallest absolute Gasteiger partial charge is 0.262 e. The van der Waals surface area contributed by atoms with Gasteiger partial charge in [-0.25, -0.2) is 0 Å². The first-order chi connectivity index (χ1) is 13.1. The van der Waals surface area contributed by atoms with Crippen LogP contribution in [0.5, 0.6) is 5.75 Å². The zero-order chi connectivity index (χ0) is 19.0. The molecule has 2 aromatic carbocycles. The summed E-state index contributed by atoms with van der Waals surface area (Å²) < 4.78 is 5.24. The monoisotopic (exact) mass is 359 g/mol. The summed E-state index contributed by atoms with van der Waals surface area (Å²) in [5.41, 5.74) is 5.42. The highest BCUT2D eigenvalue weighted by atomic mass is 16.5. The number of aromatic nitrogens is 1. The van der Waals surface area contributed by atoms with E-state index in [4.69, 9.17) is 4.74 Å². The quantitative estimate of drug-likeness (QED) is 0.746. The molecule has 0 aliphatic carbocycles. The number of anilines is 2. The van der Waals surface area contributed by atoms with Gasteiger partial charge in [0.15, 0.2) is 6.17 Å². The molecule has 0 saturated heterocycles. The van der Waals surface area contributed by atoms with Crippen molar-refractivity contribution in [1.82, 2.24) is 4.98 Å². The van der Waals surface area contributed by atoms with Crippen molar-refractivity contribution in [2.75, 3.05) is 17.3 Å². The summed E-state index contributed by atoms with van der Waals surface area (Å²) in [6, 6.07) is 17.4. The van der Waals surface area contributed by atoms with Crippen LogP contribution < -0.4 is 15.0 Å². The van der Waals surface area contributed by atoms with Crippen LogP contribution in [0.2, 0.25) is 0 Å². The van der Waals surface area contributed by atoms with Crippen LogP contribution in [0.4, 0.5) is 11.4 Å². The van der Waals surface area contributed by atoms with Gasteiger partial charge in [0.1, 0.15) is 5.75 Å². The van der Waals surface area contributed by atoms with Crippen molar-refractivity contribution in [3.05, 3.63) is 83.2 Å². The number of nitrogens with zero attached hydrogens (tertiary/aromatic N) is 2. The minimum absolute atomic E-state index is 0.0638. The van der Waals surface area contributed by atoms with E-state index in [2.05, 4.69) is 42.3 Å². The lowest BCUT2D eigenvalue weighted by Gasteiger charge is -2.27. The number of amides is 1. The van der Waals surface area contributed by atoms with Crippen molar-refractivity contribution < 1.29 is 9.53 Å². The fourth-order valence-corrected chi connectivity index (χ4v) is 3.37. The predicted octanol–water partition coefficient (Wildman–Crippen LogP) is 4.48. The van der Waals surface area contributed by atoms with Gasteiger partial charge in [0.2, 0.25) is 0 Å². The maximum atomic E-state index is 13.1. The lowest BCUT2D eigenvalue weighted by atomic mass is 10.1. The van der Waals surface area contributed by atoms with Gasteiger partial charge >= 0.3 is 0 Å².